The Morgan fingerprint density at radius 2 is 2.14 bits per heavy atom. The maximum atomic E-state index is 11.0. The van der Waals surface area contributed by atoms with Crippen LogP contribution in [0.25, 0.3) is 11.0 Å². The van der Waals surface area contributed by atoms with E-state index in [0.717, 1.165) is 35.8 Å². The zero-order valence-electron chi connectivity index (χ0n) is 11.4. The van der Waals surface area contributed by atoms with Crippen LogP contribution >= 0.6 is 15.9 Å². The summed E-state index contributed by atoms with van der Waals surface area (Å²) in [5, 5.41) is 13.1. The van der Waals surface area contributed by atoms with Crippen LogP contribution in [0.4, 0.5) is 0 Å². The second-order valence-electron chi connectivity index (χ2n) is 5.24. The molecule has 2 aromatic rings. The highest BCUT2D eigenvalue weighted by atomic mass is 79.9. The van der Waals surface area contributed by atoms with E-state index >= 15 is 0 Å². The van der Waals surface area contributed by atoms with Crippen LogP contribution in [0.1, 0.15) is 23.4 Å². The van der Waals surface area contributed by atoms with E-state index in [1.807, 2.05) is 12.1 Å². The van der Waals surface area contributed by atoms with Crippen LogP contribution in [0.3, 0.4) is 0 Å². The Morgan fingerprint density at radius 3 is 2.86 bits per heavy atom. The molecule has 2 N–H and O–H groups in total. The van der Waals surface area contributed by atoms with Gasteiger partial charge in [0.2, 0.25) is 5.76 Å². The number of carbonyl (C=O) groups is 1. The molecule has 0 spiro atoms. The van der Waals surface area contributed by atoms with Crippen LogP contribution in [0, 0.1) is 5.92 Å². The SMILES string of the molecule is O=C(O)c1cc2cc(Br)cc(OCC3CCNCC3)c2o1. The van der Waals surface area contributed by atoms with Crippen molar-refractivity contribution < 1.29 is 19.1 Å². The smallest absolute Gasteiger partial charge is 0.371 e. The van der Waals surface area contributed by atoms with E-state index in [1.54, 1.807) is 0 Å². The molecule has 0 saturated carbocycles. The van der Waals surface area contributed by atoms with Gasteiger partial charge in [-0.2, -0.15) is 0 Å². The first-order chi connectivity index (χ1) is 10.1. The maximum Gasteiger partial charge on any atom is 0.371 e. The van der Waals surface area contributed by atoms with Gasteiger partial charge in [-0.1, -0.05) is 15.9 Å². The summed E-state index contributed by atoms with van der Waals surface area (Å²) in [5.74, 6) is -0.0407. The zero-order chi connectivity index (χ0) is 14.8. The van der Waals surface area contributed by atoms with Gasteiger partial charge in [-0.3, -0.25) is 0 Å². The van der Waals surface area contributed by atoms with E-state index in [0.29, 0.717) is 23.9 Å². The summed E-state index contributed by atoms with van der Waals surface area (Å²) in [6.45, 7) is 2.66. The third-order valence-corrected chi connectivity index (χ3v) is 4.15. The molecule has 3 rings (SSSR count). The van der Waals surface area contributed by atoms with Gasteiger partial charge >= 0.3 is 5.97 Å². The highest BCUT2D eigenvalue weighted by Crippen LogP contribution is 2.33. The lowest BCUT2D eigenvalue weighted by atomic mass is 9.99. The summed E-state index contributed by atoms with van der Waals surface area (Å²) < 4.78 is 12.1. The van der Waals surface area contributed by atoms with Crippen molar-refractivity contribution >= 4 is 32.9 Å². The highest BCUT2D eigenvalue weighted by molar-refractivity contribution is 9.10. The first kappa shape index (κ1) is 14.4. The number of carboxylic acids is 1. The van der Waals surface area contributed by atoms with Gasteiger partial charge in [0, 0.05) is 9.86 Å². The molecule has 0 radical (unpaired) electrons. The van der Waals surface area contributed by atoms with Crippen molar-refractivity contribution in [2.45, 2.75) is 12.8 Å². The number of nitrogens with one attached hydrogen (secondary N) is 1. The lowest BCUT2D eigenvalue weighted by Crippen LogP contribution is -2.30. The lowest BCUT2D eigenvalue weighted by molar-refractivity contribution is 0.0664. The van der Waals surface area contributed by atoms with Crippen molar-refractivity contribution in [2.24, 2.45) is 5.92 Å². The molecule has 0 amide bonds. The molecule has 1 aromatic heterocycles. The standard InChI is InChI=1S/C15H16BrNO4/c16-11-5-10-6-13(15(18)19)21-14(10)12(7-11)20-8-9-1-3-17-4-2-9/h5-7,9,17H,1-4,8H2,(H,18,19). The highest BCUT2D eigenvalue weighted by Gasteiger charge is 2.18. The van der Waals surface area contributed by atoms with E-state index in [4.69, 9.17) is 14.3 Å². The topological polar surface area (TPSA) is 71.7 Å². The number of aromatic carboxylic acids is 1. The number of hydrogen-bond donors (Lipinski definition) is 2. The number of piperidine rings is 1. The van der Waals surface area contributed by atoms with Gasteiger partial charge in [-0.05, 0) is 50.0 Å². The number of halogens is 1. The molecule has 6 heteroatoms. The number of hydrogen-bond acceptors (Lipinski definition) is 4. The van der Waals surface area contributed by atoms with Gasteiger partial charge in [0.1, 0.15) is 0 Å². The molecule has 0 atom stereocenters. The summed E-state index contributed by atoms with van der Waals surface area (Å²) in [4.78, 5) is 11.0. The minimum absolute atomic E-state index is 0.0742. The van der Waals surface area contributed by atoms with Crippen molar-refractivity contribution in [1.29, 1.82) is 0 Å². The molecular weight excluding hydrogens is 338 g/mol. The average Bonchev–Trinajstić information content (AvgIpc) is 2.90. The Morgan fingerprint density at radius 1 is 1.38 bits per heavy atom. The monoisotopic (exact) mass is 353 g/mol. The van der Waals surface area contributed by atoms with Crippen molar-refractivity contribution in [3.63, 3.8) is 0 Å². The molecule has 21 heavy (non-hydrogen) atoms. The predicted octanol–water partition coefficient (Wildman–Crippen LogP) is 3.27. The number of benzene rings is 1. The number of carboxylic acid groups (broad SMARTS) is 1. The normalized spacial score (nSPS) is 16.2. The number of ether oxygens (including phenoxy) is 1. The predicted molar refractivity (Wildman–Crippen MR) is 82.0 cm³/mol. The second kappa shape index (κ2) is 6.07. The van der Waals surface area contributed by atoms with E-state index in [9.17, 15) is 4.79 Å². The quantitative estimate of drug-likeness (QED) is 0.882. The van der Waals surface area contributed by atoms with E-state index < -0.39 is 5.97 Å². The van der Waals surface area contributed by atoms with Crippen molar-refractivity contribution in [3.05, 3.63) is 28.4 Å². The van der Waals surface area contributed by atoms with Crippen LogP contribution in [-0.4, -0.2) is 30.8 Å². The molecule has 1 aromatic carbocycles. The van der Waals surface area contributed by atoms with E-state index in [-0.39, 0.29) is 5.76 Å². The molecule has 0 bridgehead atoms. The number of fused-ring (bicyclic) bond motifs is 1. The van der Waals surface area contributed by atoms with Crippen molar-refractivity contribution in [3.8, 4) is 5.75 Å². The Labute approximate surface area is 130 Å². The largest absolute Gasteiger partial charge is 0.489 e. The molecular formula is C15H16BrNO4. The van der Waals surface area contributed by atoms with Crippen LogP contribution in [0.5, 0.6) is 5.75 Å². The number of furan rings is 1. The fraction of sp³-hybridized carbons (Fsp3) is 0.400. The Kier molecular flexibility index (Phi) is 4.17. The average molecular weight is 354 g/mol. The van der Waals surface area contributed by atoms with Gasteiger partial charge in [-0.25, -0.2) is 4.79 Å². The minimum atomic E-state index is -1.08. The second-order valence-corrected chi connectivity index (χ2v) is 6.16. The summed E-state index contributed by atoms with van der Waals surface area (Å²) in [6.07, 6.45) is 2.19. The van der Waals surface area contributed by atoms with Gasteiger partial charge in [-0.15, -0.1) is 0 Å². The first-order valence-corrected chi connectivity index (χ1v) is 7.72. The minimum Gasteiger partial charge on any atom is -0.489 e. The Hall–Kier alpha value is -1.53. The van der Waals surface area contributed by atoms with Gasteiger partial charge in [0.15, 0.2) is 11.3 Å². The number of rotatable bonds is 4. The van der Waals surface area contributed by atoms with Gasteiger partial charge in [0.25, 0.3) is 0 Å². The maximum absolute atomic E-state index is 11.0. The molecule has 1 aliphatic heterocycles. The third-order valence-electron chi connectivity index (χ3n) is 3.69. The lowest BCUT2D eigenvalue weighted by Gasteiger charge is -2.22. The van der Waals surface area contributed by atoms with Crippen LogP contribution < -0.4 is 10.1 Å². The molecule has 5 nitrogen and oxygen atoms in total. The third kappa shape index (κ3) is 3.22. The van der Waals surface area contributed by atoms with Crippen LogP contribution in [0.15, 0.2) is 27.1 Å². The Bertz CT molecular complexity index is 661. The summed E-state index contributed by atoms with van der Waals surface area (Å²) >= 11 is 3.42. The first-order valence-electron chi connectivity index (χ1n) is 6.93. The Balaban J connectivity index is 1.84. The molecule has 112 valence electrons. The summed E-state index contributed by atoms with van der Waals surface area (Å²) in [6, 6.07) is 5.15. The fourth-order valence-corrected chi connectivity index (χ4v) is 3.01. The van der Waals surface area contributed by atoms with Crippen LogP contribution in [-0.2, 0) is 0 Å². The molecule has 0 aliphatic carbocycles. The van der Waals surface area contributed by atoms with Gasteiger partial charge < -0.3 is 19.6 Å². The van der Waals surface area contributed by atoms with E-state index in [2.05, 4.69) is 21.2 Å². The summed E-state index contributed by atoms with van der Waals surface area (Å²) in [5.41, 5.74) is 0.490. The summed E-state index contributed by atoms with van der Waals surface area (Å²) in [7, 11) is 0. The molecule has 1 aliphatic rings. The molecule has 0 unspecified atom stereocenters. The van der Waals surface area contributed by atoms with Crippen molar-refractivity contribution in [2.75, 3.05) is 19.7 Å². The zero-order valence-corrected chi connectivity index (χ0v) is 13.0. The molecule has 1 fully saturated rings. The van der Waals surface area contributed by atoms with E-state index in [1.165, 1.54) is 6.07 Å². The van der Waals surface area contributed by atoms with Crippen LogP contribution in [0.2, 0.25) is 0 Å². The fourth-order valence-electron chi connectivity index (χ4n) is 2.55. The van der Waals surface area contributed by atoms with Crippen molar-refractivity contribution in [1.82, 2.24) is 5.32 Å². The molecule has 1 saturated heterocycles. The molecule has 2 heterocycles. The van der Waals surface area contributed by atoms with Gasteiger partial charge in [0.05, 0.1) is 6.61 Å².